The smallest absolute Gasteiger partial charge is 0.0558 e. The van der Waals surface area contributed by atoms with Crippen LogP contribution in [0.2, 0.25) is 0 Å². The first kappa shape index (κ1) is 14.9. The number of rotatable bonds is 10. The summed E-state index contributed by atoms with van der Waals surface area (Å²) in [5.74, 6) is 0. The molecule has 0 amide bonds. The number of aliphatic hydroxyl groups is 2. The van der Waals surface area contributed by atoms with Crippen molar-refractivity contribution in [3.8, 4) is 0 Å². The Morgan fingerprint density at radius 1 is 0.933 bits per heavy atom. The lowest BCUT2D eigenvalue weighted by molar-refractivity contribution is 0.152. The second kappa shape index (κ2) is 10.4. The molecule has 0 aliphatic rings. The van der Waals surface area contributed by atoms with Gasteiger partial charge < -0.3 is 10.2 Å². The second-order valence-electron chi connectivity index (χ2n) is 4.15. The molecule has 0 aromatic carbocycles. The van der Waals surface area contributed by atoms with E-state index in [2.05, 4.69) is 18.7 Å². The van der Waals surface area contributed by atoms with E-state index in [1.165, 1.54) is 12.8 Å². The lowest BCUT2D eigenvalue weighted by Crippen LogP contribution is -2.35. The third-order valence-corrected chi connectivity index (χ3v) is 2.95. The van der Waals surface area contributed by atoms with E-state index in [1.807, 2.05) is 0 Å². The summed E-state index contributed by atoms with van der Waals surface area (Å²) in [7, 11) is 0. The van der Waals surface area contributed by atoms with Gasteiger partial charge in [0.2, 0.25) is 0 Å². The standard InChI is InChI=1S/C12H27NO2/c1-3-12(2)13(9-11-15)8-6-4-5-7-10-14/h12,14-15H,3-11H2,1-2H3. The summed E-state index contributed by atoms with van der Waals surface area (Å²) in [6, 6.07) is 0.565. The molecule has 3 nitrogen and oxygen atoms in total. The van der Waals surface area contributed by atoms with Gasteiger partial charge in [-0.15, -0.1) is 0 Å². The van der Waals surface area contributed by atoms with E-state index in [4.69, 9.17) is 10.2 Å². The van der Waals surface area contributed by atoms with E-state index >= 15 is 0 Å². The van der Waals surface area contributed by atoms with Crippen molar-refractivity contribution in [3.05, 3.63) is 0 Å². The molecule has 0 radical (unpaired) electrons. The molecule has 1 atom stereocenters. The number of aliphatic hydroxyl groups excluding tert-OH is 2. The van der Waals surface area contributed by atoms with Crippen molar-refractivity contribution in [2.45, 2.75) is 52.0 Å². The zero-order chi connectivity index (χ0) is 11.5. The average Bonchev–Trinajstić information content (AvgIpc) is 2.26. The third kappa shape index (κ3) is 7.77. The summed E-state index contributed by atoms with van der Waals surface area (Å²) >= 11 is 0. The minimum absolute atomic E-state index is 0.251. The molecule has 0 rings (SSSR count). The zero-order valence-electron chi connectivity index (χ0n) is 10.3. The summed E-state index contributed by atoms with van der Waals surface area (Å²) in [4.78, 5) is 2.35. The van der Waals surface area contributed by atoms with Crippen LogP contribution in [-0.4, -0.2) is 47.5 Å². The highest BCUT2D eigenvalue weighted by molar-refractivity contribution is 4.65. The Morgan fingerprint density at radius 2 is 1.60 bits per heavy atom. The molecule has 0 aromatic heterocycles. The Bertz CT molecular complexity index is 131. The Morgan fingerprint density at radius 3 is 2.13 bits per heavy atom. The molecule has 0 aliphatic heterocycles. The van der Waals surface area contributed by atoms with Crippen LogP contribution in [-0.2, 0) is 0 Å². The number of nitrogens with zero attached hydrogens (tertiary/aromatic N) is 1. The van der Waals surface area contributed by atoms with Crippen LogP contribution in [0.4, 0.5) is 0 Å². The van der Waals surface area contributed by atoms with E-state index < -0.39 is 0 Å². The predicted octanol–water partition coefficient (Wildman–Crippen LogP) is 1.63. The highest BCUT2D eigenvalue weighted by Crippen LogP contribution is 2.07. The van der Waals surface area contributed by atoms with Crippen LogP contribution in [0.15, 0.2) is 0 Å². The normalized spacial score (nSPS) is 13.4. The molecule has 0 fully saturated rings. The van der Waals surface area contributed by atoms with Crippen LogP contribution in [0.25, 0.3) is 0 Å². The Labute approximate surface area is 94.1 Å². The maximum absolute atomic E-state index is 8.95. The van der Waals surface area contributed by atoms with Gasteiger partial charge in [0.05, 0.1) is 6.61 Å². The van der Waals surface area contributed by atoms with Crippen molar-refractivity contribution in [1.29, 1.82) is 0 Å². The molecule has 3 heteroatoms. The van der Waals surface area contributed by atoms with Gasteiger partial charge in [-0.25, -0.2) is 0 Å². The molecule has 0 saturated heterocycles. The van der Waals surface area contributed by atoms with Crippen LogP contribution in [0.3, 0.4) is 0 Å². The third-order valence-electron chi connectivity index (χ3n) is 2.95. The first-order valence-corrected chi connectivity index (χ1v) is 6.22. The molecule has 0 heterocycles. The van der Waals surface area contributed by atoms with E-state index in [9.17, 15) is 0 Å². The van der Waals surface area contributed by atoms with E-state index in [-0.39, 0.29) is 6.61 Å². The van der Waals surface area contributed by atoms with Gasteiger partial charge in [0, 0.05) is 19.2 Å². The largest absolute Gasteiger partial charge is 0.396 e. The number of unbranched alkanes of at least 4 members (excludes halogenated alkanes) is 3. The van der Waals surface area contributed by atoms with Crippen molar-refractivity contribution in [1.82, 2.24) is 4.90 Å². The fraction of sp³-hybridized carbons (Fsp3) is 1.00. The molecule has 1 unspecified atom stereocenters. The summed E-state index contributed by atoms with van der Waals surface area (Å²) in [6.07, 6.45) is 5.52. The van der Waals surface area contributed by atoms with E-state index in [0.717, 1.165) is 32.4 Å². The molecule has 0 spiro atoms. The second-order valence-corrected chi connectivity index (χ2v) is 4.15. The van der Waals surface area contributed by atoms with Crippen molar-refractivity contribution < 1.29 is 10.2 Å². The molecule has 2 N–H and O–H groups in total. The Balaban J connectivity index is 3.56. The molecular formula is C12H27NO2. The highest BCUT2D eigenvalue weighted by atomic mass is 16.3. The van der Waals surface area contributed by atoms with Crippen LogP contribution in [0.5, 0.6) is 0 Å². The van der Waals surface area contributed by atoms with Crippen molar-refractivity contribution in [2.75, 3.05) is 26.3 Å². The van der Waals surface area contributed by atoms with Gasteiger partial charge in [0.25, 0.3) is 0 Å². The zero-order valence-corrected chi connectivity index (χ0v) is 10.3. The van der Waals surface area contributed by atoms with Gasteiger partial charge in [-0.3, -0.25) is 4.90 Å². The van der Waals surface area contributed by atoms with Gasteiger partial charge in [-0.1, -0.05) is 19.8 Å². The lowest BCUT2D eigenvalue weighted by atomic mass is 10.1. The van der Waals surface area contributed by atoms with Crippen LogP contribution in [0.1, 0.15) is 46.0 Å². The Hall–Kier alpha value is -0.120. The Kier molecular flexibility index (Phi) is 10.3. The molecule has 0 aliphatic carbocycles. The fourth-order valence-electron chi connectivity index (χ4n) is 1.72. The first-order chi connectivity index (χ1) is 7.26. The fourth-order valence-corrected chi connectivity index (χ4v) is 1.72. The summed E-state index contributed by atoms with van der Waals surface area (Å²) in [6.45, 7) is 6.81. The van der Waals surface area contributed by atoms with Crippen LogP contribution < -0.4 is 0 Å². The van der Waals surface area contributed by atoms with Gasteiger partial charge in [-0.05, 0) is 32.7 Å². The maximum Gasteiger partial charge on any atom is 0.0558 e. The molecule has 0 aromatic rings. The van der Waals surface area contributed by atoms with Crippen molar-refractivity contribution in [3.63, 3.8) is 0 Å². The maximum atomic E-state index is 8.95. The van der Waals surface area contributed by atoms with E-state index in [0.29, 0.717) is 12.6 Å². The topological polar surface area (TPSA) is 43.7 Å². The first-order valence-electron chi connectivity index (χ1n) is 6.22. The van der Waals surface area contributed by atoms with Gasteiger partial charge >= 0.3 is 0 Å². The predicted molar refractivity (Wildman–Crippen MR) is 64.0 cm³/mol. The molecular weight excluding hydrogens is 190 g/mol. The van der Waals surface area contributed by atoms with Gasteiger partial charge in [0.1, 0.15) is 0 Å². The molecule has 0 saturated carbocycles. The monoisotopic (exact) mass is 217 g/mol. The SMILES string of the molecule is CCC(C)N(CCO)CCCCCCO. The summed E-state index contributed by atoms with van der Waals surface area (Å²) in [5.41, 5.74) is 0. The number of hydrogen-bond acceptors (Lipinski definition) is 3. The average molecular weight is 217 g/mol. The van der Waals surface area contributed by atoms with Crippen molar-refractivity contribution >= 4 is 0 Å². The minimum Gasteiger partial charge on any atom is -0.396 e. The number of hydrogen-bond donors (Lipinski definition) is 2. The van der Waals surface area contributed by atoms with Gasteiger partial charge in [-0.2, -0.15) is 0 Å². The molecule has 0 bridgehead atoms. The van der Waals surface area contributed by atoms with Crippen LogP contribution >= 0.6 is 0 Å². The highest BCUT2D eigenvalue weighted by Gasteiger charge is 2.10. The summed E-state index contributed by atoms with van der Waals surface area (Å²) in [5, 5.41) is 17.6. The quantitative estimate of drug-likeness (QED) is 0.547. The summed E-state index contributed by atoms with van der Waals surface area (Å²) < 4.78 is 0. The molecule has 92 valence electrons. The lowest BCUT2D eigenvalue weighted by Gasteiger charge is -2.27. The van der Waals surface area contributed by atoms with Crippen molar-refractivity contribution in [2.24, 2.45) is 0 Å². The van der Waals surface area contributed by atoms with Crippen LogP contribution in [0, 0.1) is 0 Å². The minimum atomic E-state index is 0.251. The van der Waals surface area contributed by atoms with E-state index in [1.54, 1.807) is 0 Å². The molecule has 15 heavy (non-hydrogen) atoms. The van der Waals surface area contributed by atoms with Gasteiger partial charge in [0.15, 0.2) is 0 Å².